The summed E-state index contributed by atoms with van der Waals surface area (Å²) in [6.45, 7) is 12.0. The van der Waals surface area contributed by atoms with Gasteiger partial charge in [-0.1, -0.05) is 33.1 Å². The lowest BCUT2D eigenvalue weighted by atomic mass is 10.1. The van der Waals surface area contributed by atoms with Crippen molar-refractivity contribution in [1.29, 1.82) is 0 Å². The van der Waals surface area contributed by atoms with Gasteiger partial charge in [-0.15, -0.1) is 0 Å². The Morgan fingerprint density at radius 1 is 1.31 bits per heavy atom. The van der Waals surface area contributed by atoms with Crippen LogP contribution >= 0.6 is 0 Å². The van der Waals surface area contributed by atoms with Crippen molar-refractivity contribution in [1.82, 2.24) is 10.2 Å². The molecule has 16 heavy (non-hydrogen) atoms. The number of nitrogens with one attached hydrogen (secondary N) is 1. The first kappa shape index (κ1) is 14.0. The van der Waals surface area contributed by atoms with E-state index in [1.807, 2.05) is 0 Å². The predicted octanol–water partition coefficient (Wildman–Crippen LogP) is 2.89. The highest BCUT2D eigenvalue weighted by Crippen LogP contribution is 2.15. The van der Waals surface area contributed by atoms with E-state index in [0.717, 1.165) is 5.92 Å². The van der Waals surface area contributed by atoms with Crippen LogP contribution in [0.2, 0.25) is 0 Å². The predicted molar refractivity (Wildman–Crippen MR) is 71.8 cm³/mol. The molecule has 96 valence electrons. The van der Waals surface area contributed by atoms with Crippen LogP contribution in [0.3, 0.4) is 0 Å². The van der Waals surface area contributed by atoms with Crippen molar-refractivity contribution in [2.75, 3.05) is 26.2 Å². The first-order valence-corrected chi connectivity index (χ1v) is 7.22. The molecule has 0 aromatic rings. The maximum Gasteiger partial charge on any atom is 0.00388 e. The molecule has 1 heterocycles. The highest BCUT2D eigenvalue weighted by Gasteiger charge is 2.20. The van der Waals surface area contributed by atoms with Crippen molar-refractivity contribution in [3.63, 3.8) is 0 Å². The Labute approximate surface area is 102 Å². The summed E-state index contributed by atoms with van der Waals surface area (Å²) in [5.41, 5.74) is 0. The van der Waals surface area contributed by atoms with E-state index in [0.29, 0.717) is 6.04 Å². The fourth-order valence-corrected chi connectivity index (χ4v) is 2.54. The van der Waals surface area contributed by atoms with Gasteiger partial charge in [0, 0.05) is 12.6 Å². The van der Waals surface area contributed by atoms with E-state index in [4.69, 9.17) is 0 Å². The molecular formula is C14H30N2. The molecule has 0 aromatic carbocycles. The number of rotatable bonds is 8. The minimum Gasteiger partial charge on any atom is -0.314 e. The van der Waals surface area contributed by atoms with Crippen molar-refractivity contribution in [3.05, 3.63) is 0 Å². The third kappa shape index (κ3) is 5.31. The molecule has 0 radical (unpaired) electrons. The lowest BCUT2D eigenvalue weighted by Crippen LogP contribution is -2.32. The maximum atomic E-state index is 3.70. The van der Waals surface area contributed by atoms with Crippen molar-refractivity contribution < 1.29 is 0 Å². The van der Waals surface area contributed by atoms with Crippen LogP contribution in [0.5, 0.6) is 0 Å². The highest BCUT2D eigenvalue weighted by atomic mass is 15.1. The maximum absolute atomic E-state index is 3.70. The summed E-state index contributed by atoms with van der Waals surface area (Å²) in [7, 11) is 0. The van der Waals surface area contributed by atoms with Crippen LogP contribution in [0.4, 0.5) is 0 Å². The van der Waals surface area contributed by atoms with Crippen LogP contribution in [0.25, 0.3) is 0 Å². The van der Waals surface area contributed by atoms with E-state index in [1.165, 1.54) is 58.3 Å². The number of likely N-dealkylation sites (tertiary alicyclic amines) is 1. The zero-order chi connectivity index (χ0) is 11.8. The first-order chi connectivity index (χ1) is 7.76. The normalized spacial score (nSPS) is 23.8. The molecule has 1 N–H and O–H groups in total. The second-order valence-corrected chi connectivity index (χ2v) is 5.35. The van der Waals surface area contributed by atoms with Crippen LogP contribution in [0.15, 0.2) is 0 Å². The second-order valence-electron chi connectivity index (χ2n) is 5.35. The van der Waals surface area contributed by atoms with E-state index < -0.39 is 0 Å². The average Bonchev–Trinajstić information content (AvgIpc) is 2.74. The Kier molecular flexibility index (Phi) is 7.06. The fraction of sp³-hybridized carbons (Fsp3) is 1.00. The van der Waals surface area contributed by atoms with Crippen LogP contribution < -0.4 is 5.32 Å². The summed E-state index contributed by atoms with van der Waals surface area (Å²) >= 11 is 0. The molecule has 1 aliphatic rings. The molecular weight excluding hydrogens is 196 g/mol. The van der Waals surface area contributed by atoms with Gasteiger partial charge in [-0.05, 0) is 45.3 Å². The van der Waals surface area contributed by atoms with Gasteiger partial charge in [0.1, 0.15) is 0 Å². The van der Waals surface area contributed by atoms with Gasteiger partial charge in [0.15, 0.2) is 0 Å². The number of nitrogens with zero attached hydrogens (tertiary/aromatic N) is 1. The van der Waals surface area contributed by atoms with E-state index in [-0.39, 0.29) is 0 Å². The Hall–Kier alpha value is -0.0800. The first-order valence-electron chi connectivity index (χ1n) is 7.22. The second kappa shape index (κ2) is 8.08. The molecule has 2 atom stereocenters. The quantitative estimate of drug-likeness (QED) is 0.640. The minimum atomic E-state index is 0.710. The topological polar surface area (TPSA) is 15.3 Å². The van der Waals surface area contributed by atoms with Gasteiger partial charge in [-0.3, -0.25) is 0 Å². The molecule has 2 heteroatoms. The molecule has 0 aliphatic carbocycles. The van der Waals surface area contributed by atoms with Crippen molar-refractivity contribution in [2.45, 2.75) is 58.9 Å². The van der Waals surface area contributed by atoms with Crippen LogP contribution in [-0.2, 0) is 0 Å². The van der Waals surface area contributed by atoms with Crippen molar-refractivity contribution in [2.24, 2.45) is 5.92 Å². The fourth-order valence-electron chi connectivity index (χ4n) is 2.54. The Morgan fingerprint density at radius 3 is 2.75 bits per heavy atom. The molecule has 2 nitrogen and oxygen atoms in total. The molecule has 1 fully saturated rings. The third-order valence-electron chi connectivity index (χ3n) is 3.81. The number of unbranched alkanes of at least 4 members (excludes halogenated alkanes) is 2. The number of hydrogen-bond donors (Lipinski definition) is 1. The smallest absolute Gasteiger partial charge is 0.00388 e. The van der Waals surface area contributed by atoms with Crippen molar-refractivity contribution >= 4 is 0 Å². The zero-order valence-electron chi connectivity index (χ0n) is 11.5. The SMILES string of the molecule is CCCCCC(C)NCC1CCN(CC)C1. The summed E-state index contributed by atoms with van der Waals surface area (Å²) in [4.78, 5) is 2.56. The summed E-state index contributed by atoms with van der Waals surface area (Å²) < 4.78 is 0. The molecule has 0 aromatic heterocycles. The van der Waals surface area contributed by atoms with E-state index >= 15 is 0 Å². The lowest BCUT2D eigenvalue weighted by molar-refractivity contribution is 0.334. The number of hydrogen-bond acceptors (Lipinski definition) is 2. The minimum absolute atomic E-state index is 0.710. The molecule has 2 unspecified atom stereocenters. The average molecular weight is 226 g/mol. The van der Waals surface area contributed by atoms with Crippen LogP contribution in [-0.4, -0.2) is 37.1 Å². The van der Waals surface area contributed by atoms with Crippen LogP contribution in [0, 0.1) is 5.92 Å². The Bertz CT molecular complexity index is 170. The van der Waals surface area contributed by atoms with Gasteiger partial charge < -0.3 is 10.2 Å². The van der Waals surface area contributed by atoms with Crippen molar-refractivity contribution in [3.8, 4) is 0 Å². The van der Waals surface area contributed by atoms with Gasteiger partial charge in [0.25, 0.3) is 0 Å². The molecule has 0 bridgehead atoms. The summed E-state index contributed by atoms with van der Waals surface area (Å²) in [5, 5.41) is 3.70. The Balaban J connectivity index is 2.01. The summed E-state index contributed by atoms with van der Waals surface area (Å²) in [5.74, 6) is 0.897. The highest BCUT2D eigenvalue weighted by molar-refractivity contribution is 4.77. The van der Waals surface area contributed by atoms with Gasteiger partial charge >= 0.3 is 0 Å². The molecule has 1 aliphatic heterocycles. The van der Waals surface area contributed by atoms with E-state index in [1.54, 1.807) is 0 Å². The summed E-state index contributed by atoms with van der Waals surface area (Å²) in [6, 6.07) is 0.710. The summed E-state index contributed by atoms with van der Waals surface area (Å²) in [6.07, 6.45) is 6.84. The van der Waals surface area contributed by atoms with Crippen LogP contribution in [0.1, 0.15) is 52.9 Å². The standard InChI is InChI=1S/C14H30N2/c1-4-6-7-8-13(3)15-11-14-9-10-16(5-2)12-14/h13-15H,4-12H2,1-3H3. The van der Waals surface area contributed by atoms with E-state index in [2.05, 4.69) is 31.0 Å². The monoisotopic (exact) mass is 226 g/mol. The molecule has 1 rings (SSSR count). The van der Waals surface area contributed by atoms with Gasteiger partial charge in [0.2, 0.25) is 0 Å². The zero-order valence-corrected chi connectivity index (χ0v) is 11.5. The van der Waals surface area contributed by atoms with Gasteiger partial charge in [-0.2, -0.15) is 0 Å². The van der Waals surface area contributed by atoms with E-state index in [9.17, 15) is 0 Å². The molecule has 0 amide bonds. The lowest BCUT2D eigenvalue weighted by Gasteiger charge is -2.17. The molecule has 1 saturated heterocycles. The van der Waals surface area contributed by atoms with Gasteiger partial charge in [-0.25, -0.2) is 0 Å². The molecule has 0 saturated carbocycles. The molecule has 0 spiro atoms. The van der Waals surface area contributed by atoms with Gasteiger partial charge in [0.05, 0.1) is 0 Å². The largest absolute Gasteiger partial charge is 0.314 e. The Morgan fingerprint density at radius 2 is 2.12 bits per heavy atom. The third-order valence-corrected chi connectivity index (χ3v) is 3.81.